The van der Waals surface area contributed by atoms with Gasteiger partial charge in [-0.25, -0.2) is 9.59 Å². The molecule has 0 bridgehead atoms. The highest BCUT2D eigenvalue weighted by atomic mass is 16.6. The van der Waals surface area contributed by atoms with Crippen LogP contribution in [0, 0.1) is 0 Å². The predicted molar refractivity (Wildman–Crippen MR) is 145 cm³/mol. The number of fused-ring (bicyclic) bond motifs is 1. The standard InChI is InChI=1S/C27H39N5O5/c1-26(2,3)36-24(34)31-23(28)29-16-10-13-21(32(7)25(35)37-27(4,5)6)22(33)30-20-15-14-18-11-8-9-12-19(18)17-20/h8-9,11-12,14-15,17,21H,10,13,16H2,1-7H3,(H,30,33)(H3,28,29,31,34)/t21-/m0/s1. The Hall–Kier alpha value is -3.82. The van der Waals surface area contributed by atoms with Crippen LogP contribution in [0.4, 0.5) is 15.3 Å². The lowest BCUT2D eigenvalue weighted by molar-refractivity contribution is -0.121. The van der Waals surface area contributed by atoms with Crippen molar-refractivity contribution >= 4 is 40.5 Å². The molecule has 0 heterocycles. The number of hydrogen-bond donors (Lipinski definition) is 3. The smallest absolute Gasteiger partial charge is 0.414 e. The first-order chi connectivity index (χ1) is 17.1. The van der Waals surface area contributed by atoms with Crippen LogP contribution >= 0.6 is 0 Å². The van der Waals surface area contributed by atoms with Crippen molar-refractivity contribution in [2.75, 3.05) is 18.9 Å². The fourth-order valence-corrected chi connectivity index (χ4v) is 3.39. The minimum Gasteiger partial charge on any atom is -0.444 e. The molecule has 0 spiro atoms. The molecule has 0 fully saturated rings. The number of nitrogens with two attached hydrogens (primary N) is 1. The Morgan fingerprint density at radius 3 is 2.22 bits per heavy atom. The number of nitrogens with zero attached hydrogens (tertiary/aromatic N) is 2. The van der Waals surface area contributed by atoms with Gasteiger partial charge in [-0.2, -0.15) is 0 Å². The zero-order chi connectivity index (χ0) is 27.8. The van der Waals surface area contributed by atoms with Crippen LogP contribution in [0.2, 0.25) is 0 Å². The molecule has 4 N–H and O–H groups in total. The average molecular weight is 514 g/mol. The number of rotatable bonds is 7. The van der Waals surface area contributed by atoms with Crippen LogP contribution in [-0.2, 0) is 14.3 Å². The van der Waals surface area contributed by atoms with Crippen LogP contribution in [0.5, 0.6) is 0 Å². The van der Waals surface area contributed by atoms with Crippen LogP contribution in [0.25, 0.3) is 10.8 Å². The molecule has 0 aromatic heterocycles. The number of ether oxygens (including phenoxy) is 2. The lowest BCUT2D eigenvalue weighted by Crippen LogP contribution is -2.47. The molecule has 2 aromatic carbocycles. The summed E-state index contributed by atoms with van der Waals surface area (Å²) in [7, 11) is 1.53. The summed E-state index contributed by atoms with van der Waals surface area (Å²) in [5, 5.41) is 7.31. The number of carbonyl (C=O) groups is 3. The maximum absolute atomic E-state index is 13.3. The van der Waals surface area contributed by atoms with E-state index in [1.54, 1.807) is 41.5 Å². The highest BCUT2D eigenvalue weighted by molar-refractivity contribution is 5.98. The Morgan fingerprint density at radius 1 is 0.973 bits per heavy atom. The Morgan fingerprint density at radius 2 is 1.59 bits per heavy atom. The summed E-state index contributed by atoms with van der Waals surface area (Å²) in [6, 6.07) is 12.6. The summed E-state index contributed by atoms with van der Waals surface area (Å²) in [5.74, 6) is -0.445. The first-order valence-corrected chi connectivity index (χ1v) is 12.2. The molecule has 202 valence electrons. The summed E-state index contributed by atoms with van der Waals surface area (Å²) in [6.07, 6.45) is -0.607. The topological polar surface area (TPSA) is 135 Å². The van der Waals surface area contributed by atoms with E-state index < -0.39 is 29.4 Å². The monoisotopic (exact) mass is 513 g/mol. The fraction of sp³-hybridized carbons (Fsp3) is 0.481. The molecular formula is C27H39N5O5. The fourth-order valence-electron chi connectivity index (χ4n) is 3.39. The SMILES string of the molecule is CN(C(=O)OC(C)(C)C)[C@@H](CCCN=C(N)NC(=O)OC(C)(C)C)C(=O)Nc1ccc2ccccc2c1. The predicted octanol–water partition coefficient (Wildman–Crippen LogP) is 4.63. The Kier molecular flexibility index (Phi) is 9.88. The van der Waals surface area contributed by atoms with Gasteiger partial charge in [-0.15, -0.1) is 0 Å². The second kappa shape index (κ2) is 12.4. The van der Waals surface area contributed by atoms with Gasteiger partial charge in [0.05, 0.1) is 0 Å². The van der Waals surface area contributed by atoms with Crippen molar-refractivity contribution in [3.63, 3.8) is 0 Å². The van der Waals surface area contributed by atoms with Gasteiger partial charge in [0.25, 0.3) is 0 Å². The molecule has 1 atom stereocenters. The Labute approximate surface area is 218 Å². The van der Waals surface area contributed by atoms with E-state index in [-0.39, 0.29) is 18.4 Å². The molecule has 37 heavy (non-hydrogen) atoms. The number of amides is 3. The van der Waals surface area contributed by atoms with Crippen molar-refractivity contribution < 1.29 is 23.9 Å². The van der Waals surface area contributed by atoms with Crippen LogP contribution in [0.15, 0.2) is 47.5 Å². The molecule has 0 aliphatic carbocycles. The number of nitrogens with one attached hydrogen (secondary N) is 2. The summed E-state index contributed by atoms with van der Waals surface area (Å²) >= 11 is 0. The van der Waals surface area contributed by atoms with E-state index in [2.05, 4.69) is 15.6 Å². The van der Waals surface area contributed by atoms with Gasteiger partial charge in [0, 0.05) is 19.3 Å². The van der Waals surface area contributed by atoms with E-state index >= 15 is 0 Å². The van der Waals surface area contributed by atoms with E-state index in [1.165, 1.54) is 11.9 Å². The van der Waals surface area contributed by atoms with Crippen molar-refractivity contribution in [2.45, 2.75) is 71.6 Å². The normalized spacial score (nSPS) is 13.0. The lowest BCUT2D eigenvalue weighted by atomic mass is 10.1. The minimum absolute atomic E-state index is 0.0908. The molecule has 0 unspecified atom stereocenters. The molecule has 10 nitrogen and oxygen atoms in total. The van der Waals surface area contributed by atoms with Gasteiger partial charge < -0.3 is 20.5 Å². The van der Waals surface area contributed by atoms with Gasteiger partial charge in [-0.3, -0.25) is 20.0 Å². The maximum Gasteiger partial charge on any atom is 0.414 e. The minimum atomic E-state index is -0.823. The number of hydrogen-bond acceptors (Lipinski definition) is 6. The number of anilines is 1. The second-order valence-electron chi connectivity index (χ2n) is 10.7. The molecule has 0 saturated heterocycles. The van der Waals surface area contributed by atoms with Crippen LogP contribution in [0.3, 0.4) is 0 Å². The number of carbonyl (C=O) groups excluding carboxylic acids is 3. The summed E-state index contributed by atoms with van der Waals surface area (Å²) in [4.78, 5) is 43.2. The number of likely N-dealkylation sites (N-methyl/N-ethyl adjacent to an activating group) is 1. The van der Waals surface area contributed by atoms with Gasteiger partial charge in [0.1, 0.15) is 17.2 Å². The maximum atomic E-state index is 13.3. The van der Waals surface area contributed by atoms with E-state index in [1.807, 2.05) is 42.5 Å². The third-order valence-corrected chi connectivity index (χ3v) is 5.02. The van der Waals surface area contributed by atoms with Gasteiger partial charge in [-0.05, 0) is 77.3 Å². The third kappa shape index (κ3) is 10.4. The first-order valence-electron chi connectivity index (χ1n) is 12.2. The Bertz CT molecular complexity index is 1130. The molecular weight excluding hydrogens is 474 g/mol. The van der Waals surface area contributed by atoms with Crippen molar-refractivity contribution in [3.05, 3.63) is 42.5 Å². The van der Waals surface area contributed by atoms with Crippen molar-refractivity contribution in [1.82, 2.24) is 10.2 Å². The van der Waals surface area contributed by atoms with Crippen LogP contribution in [0.1, 0.15) is 54.4 Å². The van der Waals surface area contributed by atoms with Gasteiger partial charge in [0.15, 0.2) is 5.96 Å². The van der Waals surface area contributed by atoms with Crippen LogP contribution in [-0.4, -0.2) is 59.8 Å². The van der Waals surface area contributed by atoms with Gasteiger partial charge >= 0.3 is 12.2 Å². The van der Waals surface area contributed by atoms with Crippen molar-refractivity contribution in [1.29, 1.82) is 0 Å². The second-order valence-corrected chi connectivity index (χ2v) is 10.7. The molecule has 0 radical (unpaired) electrons. The van der Waals surface area contributed by atoms with E-state index in [4.69, 9.17) is 15.2 Å². The van der Waals surface area contributed by atoms with Gasteiger partial charge in [-0.1, -0.05) is 30.3 Å². The summed E-state index contributed by atoms with van der Waals surface area (Å²) in [5.41, 5.74) is 5.01. The number of alkyl carbamates (subject to hydrolysis) is 1. The van der Waals surface area contributed by atoms with E-state index in [9.17, 15) is 14.4 Å². The molecule has 2 rings (SSSR count). The quantitative estimate of drug-likeness (QED) is 0.281. The largest absolute Gasteiger partial charge is 0.444 e. The Balaban J connectivity index is 2.08. The molecule has 2 aromatic rings. The molecule has 0 aliphatic heterocycles. The molecule has 0 aliphatic rings. The lowest BCUT2D eigenvalue weighted by Gasteiger charge is -2.30. The first kappa shape index (κ1) is 29.4. The van der Waals surface area contributed by atoms with Crippen LogP contribution < -0.4 is 16.4 Å². The zero-order valence-electron chi connectivity index (χ0n) is 22.8. The van der Waals surface area contributed by atoms with E-state index in [0.717, 1.165) is 10.8 Å². The molecule has 3 amide bonds. The van der Waals surface area contributed by atoms with Crippen molar-refractivity contribution in [3.8, 4) is 0 Å². The number of aliphatic imine (C=N–C) groups is 1. The highest BCUT2D eigenvalue weighted by Crippen LogP contribution is 2.20. The van der Waals surface area contributed by atoms with Crippen molar-refractivity contribution in [2.24, 2.45) is 10.7 Å². The number of guanidine groups is 1. The number of benzene rings is 2. The summed E-state index contributed by atoms with van der Waals surface area (Å²) < 4.78 is 10.6. The summed E-state index contributed by atoms with van der Waals surface area (Å²) in [6.45, 7) is 10.7. The molecule has 0 saturated carbocycles. The highest BCUT2D eigenvalue weighted by Gasteiger charge is 2.30. The average Bonchev–Trinajstić information content (AvgIpc) is 2.76. The van der Waals surface area contributed by atoms with Gasteiger partial charge in [0.2, 0.25) is 5.91 Å². The zero-order valence-corrected chi connectivity index (χ0v) is 22.8. The van der Waals surface area contributed by atoms with E-state index in [0.29, 0.717) is 18.5 Å². The molecule has 10 heteroatoms. The third-order valence-electron chi connectivity index (χ3n) is 5.02.